The molecule has 0 heterocycles. The number of hydrogen-bond donors (Lipinski definition) is 0. The molecular formula is C22H30N2O3S. The molecule has 5 nitrogen and oxygen atoms in total. The molecule has 0 spiro atoms. The van der Waals surface area contributed by atoms with Gasteiger partial charge in [0.15, 0.2) is 0 Å². The van der Waals surface area contributed by atoms with Crippen LogP contribution in [0.1, 0.15) is 50.5 Å². The van der Waals surface area contributed by atoms with Gasteiger partial charge < -0.3 is 4.90 Å². The van der Waals surface area contributed by atoms with E-state index >= 15 is 0 Å². The Bertz CT molecular complexity index is 908. The molecule has 152 valence electrons. The van der Waals surface area contributed by atoms with Gasteiger partial charge in [-0.05, 0) is 47.4 Å². The van der Waals surface area contributed by atoms with Crippen LogP contribution in [0, 0.1) is 0 Å². The molecule has 0 aliphatic rings. The van der Waals surface area contributed by atoms with Gasteiger partial charge in [-0.15, -0.1) is 0 Å². The summed E-state index contributed by atoms with van der Waals surface area (Å²) in [7, 11) is -1.81. The van der Waals surface area contributed by atoms with Gasteiger partial charge in [-0.2, -0.15) is 4.31 Å². The van der Waals surface area contributed by atoms with Gasteiger partial charge in [0.2, 0.25) is 10.0 Å². The summed E-state index contributed by atoms with van der Waals surface area (Å²) in [5.41, 5.74) is 2.48. The molecule has 0 aromatic heterocycles. The van der Waals surface area contributed by atoms with Crippen molar-refractivity contribution in [1.29, 1.82) is 0 Å². The van der Waals surface area contributed by atoms with Crippen LogP contribution in [0.4, 0.5) is 5.69 Å². The molecule has 0 aliphatic heterocycles. The minimum absolute atomic E-state index is 0.0489. The first kappa shape index (κ1) is 22.1. The van der Waals surface area contributed by atoms with Gasteiger partial charge in [0.25, 0.3) is 5.91 Å². The lowest BCUT2D eigenvalue weighted by Gasteiger charge is -2.22. The number of rotatable bonds is 6. The van der Waals surface area contributed by atoms with E-state index in [0.29, 0.717) is 18.7 Å². The molecule has 0 radical (unpaired) electrons. The molecule has 0 saturated carbocycles. The maximum absolute atomic E-state index is 12.8. The average Bonchev–Trinajstić information content (AvgIpc) is 2.67. The van der Waals surface area contributed by atoms with E-state index in [4.69, 9.17) is 0 Å². The summed E-state index contributed by atoms with van der Waals surface area (Å²) in [4.78, 5) is 14.6. The molecule has 0 unspecified atom stereocenters. The van der Waals surface area contributed by atoms with Crippen LogP contribution in [0.25, 0.3) is 0 Å². The summed E-state index contributed by atoms with van der Waals surface area (Å²) in [6.07, 6.45) is 0. The van der Waals surface area contributed by atoms with Crippen LogP contribution < -0.4 is 4.90 Å². The fourth-order valence-corrected chi connectivity index (χ4v) is 4.44. The van der Waals surface area contributed by atoms with Gasteiger partial charge in [0.05, 0.1) is 4.90 Å². The zero-order chi connectivity index (χ0) is 21.1. The van der Waals surface area contributed by atoms with Gasteiger partial charge in [0.1, 0.15) is 0 Å². The lowest BCUT2D eigenvalue weighted by Crippen LogP contribution is -2.30. The molecule has 0 N–H and O–H groups in total. The highest BCUT2D eigenvalue weighted by Crippen LogP contribution is 2.25. The Morgan fingerprint density at radius 3 is 1.82 bits per heavy atom. The van der Waals surface area contributed by atoms with Crippen LogP contribution in [-0.2, 0) is 15.4 Å². The monoisotopic (exact) mass is 402 g/mol. The fourth-order valence-electron chi connectivity index (χ4n) is 2.98. The lowest BCUT2D eigenvalue weighted by molar-refractivity contribution is 0.0993. The number of sulfonamides is 1. The Labute approximate surface area is 169 Å². The van der Waals surface area contributed by atoms with E-state index in [2.05, 4.69) is 20.8 Å². The quantitative estimate of drug-likeness (QED) is 0.724. The zero-order valence-corrected chi connectivity index (χ0v) is 18.4. The van der Waals surface area contributed by atoms with E-state index < -0.39 is 10.0 Å². The Balaban J connectivity index is 2.23. The SMILES string of the molecule is CCN(CC)S(=O)(=O)c1ccc(C(=O)N(C)c2ccc(C(C)(C)C)cc2)cc1. The molecule has 0 aliphatic carbocycles. The van der Waals surface area contributed by atoms with Crippen molar-refractivity contribution in [3.63, 3.8) is 0 Å². The first-order valence-corrected chi connectivity index (χ1v) is 10.9. The summed E-state index contributed by atoms with van der Waals surface area (Å²) < 4.78 is 26.5. The van der Waals surface area contributed by atoms with Crippen molar-refractivity contribution in [2.45, 2.75) is 44.9 Å². The Morgan fingerprint density at radius 1 is 0.893 bits per heavy atom. The molecule has 0 bridgehead atoms. The van der Waals surface area contributed by atoms with Crippen molar-refractivity contribution >= 4 is 21.6 Å². The first-order valence-electron chi connectivity index (χ1n) is 9.51. The number of hydrogen-bond acceptors (Lipinski definition) is 3. The van der Waals surface area contributed by atoms with Crippen molar-refractivity contribution in [3.8, 4) is 0 Å². The van der Waals surface area contributed by atoms with E-state index in [1.54, 1.807) is 37.9 Å². The Morgan fingerprint density at radius 2 is 1.39 bits per heavy atom. The van der Waals surface area contributed by atoms with Crippen LogP contribution in [0.15, 0.2) is 53.4 Å². The maximum Gasteiger partial charge on any atom is 0.258 e. The van der Waals surface area contributed by atoms with Crippen LogP contribution in [0.5, 0.6) is 0 Å². The highest BCUT2D eigenvalue weighted by Gasteiger charge is 2.22. The van der Waals surface area contributed by atoms with Crippen molar-refractivity contribution in [2.75, 3.05) is 25.0 Å². The zero-order valence-electron chi connectivity index (χ0n) is 17.6. The minimum atomic E-state index is -3.53. The largest absolute Gasteiger partial charge is 0.311 e. The second kappa shape index (κ2) is 8.45. The van der Waals surface area contributed by atoms with Crippen LogP contribution in [0.3, 0.4) is 0 Å². The van der Waals surface area contributed by atoms with Gasteiger partial charge in [-0.25, -0.2) is 8.42 Å². The standard InChI is InChI=1S/C22H30N2O3S/c1-7-24(8-2)28(26,27)20-15-9-17(10-16-20)21(25)23(6)19-13-11-18(12-14-19)22(3,4)5/h9-16H,7-8H2,1-6H3. The molecule has 6 heteroatoms. The Hall–Kier alpha value is -2.18. The van der Waals surface area contributed by atoms with Gasteiger partial charge in [0, 0.05) is 31.4 Å². The molecule has 1 amide bonds. The van der Waals surface area contributed by atoms with Gasteiger partial charge >= 0.3 is 0 Å². The normalized spacial score (nSPS) is 12.2. The lowest BCUT2D eigenvalue weighted by atomic mass is 9.87. The second-order valence-electron chi connectivity index (χ2n) is 7.77. The van der Waals surface area contributed by atoms with E-state index in [9.17, 15) is 13.2 Å². The van der Waals surface area contributed by atoms with Gasteiger partial charge in [-0.1, -0.05) is 46.8 Å². The van der Waals surface area contributed by atoms with E-state index in [-0.39, 0.29) is 16.2 Å². The van der Waals surface area contributed by atoms with E-state index in [1.807, 2.05) is 24.3 Å². The van der Waals surface area contributed by atoms with Crippen LogP contribution in [-0.4, -0.2) is 38.8 Å². The topological polar surface area (TPSA) is 57.7 Å². The molecule has 2 aromatic carbocycles. The summed E-state index contributed by atoms with van der Waals surface area (Å²) in [5.74, 6) is -0.185. The highest BCUT2D eigenvalue weighted by atomic mass is 32.2. The molecule has 0 saturated heterocycles. The number of carbonyl (C=O) groups is 1. The predicted octanol–water partition coefficient (Wildman–Crippen LogP) is 4.29. The summed E-state index contributed by atoms with van der Waals surface area (Å²) in [6, 6.07) is 14.0. The number of anilines is 1. The Kier molecular flexibility index (Phi) is 6.67. The van der Waals surface area contributed by atoms with Crippen molar-refractivity contribution < 1.29 is 13.2 Å². The fraction of sp³-hybridized carbons (Fsp3) is 0.409. The van der Waals surface area contributed by atoms with Crippen molar-refractivity contribution in [2.24, 2.45) is 0 Å². The van der Waals surface area contributed by atoms with E-state index in [1.165, 1.54) is 22.0 Å². The number of carbonyl (C=O) groups excluding carboxylic acids is 1. The van der Waals surface area contributed by atoms with Crippen molar-refractivity contribution in [1.82, 2.24) is 4.31 Å². The van der Waals surface area contributed by atoms with E-state index in [0.717, 1.165) is 5.69 Å². The average molecular weight is 403 g/mol. The molecule has 2 rings (SSSR count). The number of nitrogens with zero attached hydrogens (tertiary/aromatic N) is 2. The molecular weight excluding hydrogens is 372 g/mol. The van der Waals surface area contributed by atoms with Crippen LogP contribution in [0.2, 0.25) is 0 Å². The number of amides is 1. The van der Waals surface area contributed by atoms with Gasteiger partial charge in [-0.3, -0.25) is 4.79 Å². The summed E-state index contributed by atoms with van der Waals surface area (Å²) in [6.45, 7) is 10.9. The third-order valence-electron chi connectivity index (χ3n) is 4.87. The molecule has 28 heavy (non-hydrogen) atoms. The number of benzene rings is 2. The summed E-state index contributed by atoms with van der Waals surface area (Å²) >= 11 is 0. The second-order valence-corrected chi connectivity index (χ2v) is 9.71. The third kappa shape index (κ3) is 4.62. The summed E-state index contributed by atoms with van der Waals surface area (Å²) in [5, 5.41) is 0. The highest BCUT2D eigenvalue weighted by molar-refractivity contribution is 7.89. The molecule has 0 fully saturated rings. The maximum atomic E-state index is 12.8. The van der Waals surface area contributed by atoms with Crippen molar-refractivity contribution in [3.05, 3.63) is 59.7 Å². The smallest absolute Gasteiger partial charge is 0.258 e. The first-order chi connectivity index (χ1) is 13.0. The van der Waals surface area contributed by atoms with Crippen LogP contribution >= 0.6 is 0 Å². The molecule has 0 atom stereocenters. The molecule has 2 aromatic rings. The minimum Gasteiger partial charge on any atom is -0.311 e. The predicted molar refractivity (Wildman–Crippen MR) is 114 cm³/mol. The third-order valence-corrected chi connectivity index (χ3v) is 6.93.